The van der Waals surface area contributed by atoms with Gasteiger partial charge in [-0.1, -0.05) is 169 Å². The maximum atomic E-state index is 2.86. The van der Waals surface area contributed by atoms with Crippen LogP contribution < -0.4 is 39.9 Å². The van der Waals surface area contributed by atoms with Crippen LogP contribution in [-0.4, -0.2) is 58.6 Å². The predicted octanol–water partition coefficient (Wildman–Crippen LogP) is 4.44. The molecule has 2 rings (SSSR count). The molecular weight excluding hydrogens is 572 g/mol. The first-order chi connectivity index (χ1) is 15.6. The van der Waals surface area contributed by atoms with Crippen molar-refractivity contribution in [3.63, 3.8) is 0 Å². The zero-order valence-electron chi connectivity index (χ0n) is 26.8. The van der Waals surface area contributed by atoms with E-state index in [1.165, 1.54) is 0 Å². The Morgan fingerprint density at radius 2 is 0.667 bits per heavy atom. The van der Waals surface area contributed by atoms with Gasteiger partial charge < -0.3 is 0 Å². The molecule has 196 valence electrons. The van der Waals surface area contributed by atoms with E-state index in [4.69, 9.17) is 0 Å². The van der Waals surface area contributed by atoms with Gasteiger partial charge in [-0.25, -0.2) is 7.35 Å². The fourth-order valence-electron chi connectivity index (χ4n) is 9.76. The van der Waals surface area contributed by atoms with Crippen LogP contribution in [0.15, 0.2) is 60.7 Å². The average molecular weight is 627 g/mol. The maximum Gasteiger partial charge on any atom is 1.00 e. The van der Waals surface area contributed by atoms with Crippen LogP contribution in [0.25, 0.3) is 0 Å². The van der Waals surface area contributed by atoms with Crippen molar-refractivity contribution >= 4 is 68.9 Å². The zero-order chi connectivity index (χ0) is 27.3. The summed E-state index contributed by atoms with van der Waals surface area (Å²) in [5, 5.41) is 3.73. The van der Waals surface area contributed by atoms with Crippen molar-refractivity contribution in [1.29, 1.82) is 0 Å². The average Bonchev–Trinajstić information content (AvgIpc) is 2.63. The molecule has 0 spiro atoms. The van der Waals surface area contributed by atoms with E-state index in [9.17, 15) is 0 Å². The second-order valence-electron chi connectivity index (χ2n) is 15.9. The van der Waals surface area contributed by atoms with Gasteiger partial charge in [-0.2, -0.15) is 0 Å². The molecule has 2 aromatic carbocycles. The van der Waals surface area contributed by atoms with Crippen LogP contribution >= 0.6 is 0 Å². The fraction of sp³-hybridized carbons (Fsp3) is 0.556. The SMILES string of the molecule is C[Si](C)(C)[Si-]([Si](C)(C)C)[Si](c1ccccc1)(c1ccccc1)[Si]([Si](C)(C)C)([Si](C)(C)C)[Si](C)(C)C.[Na+]. The minimum atomic E-state index is -2.08. The summed E-state index contributed by atoms with van der Waals surface area (Å²) in [4.78, 5) is 0. The minimum absolute atomic E-state index is 0. The molecule has 9 heteroatoms. The van der Waals surface area contributed by atoms with E-state index in [-0.39, 0.29) is 29.6 Å². The predicted molar refractivity (Wildman–Crippen MR) is 186 cm³/mol. The van der Waals surface area contributed by atoms with Gasteiger partial charge in [0.1, 0.15) is 0 Å². The van der Waals surface area contributed by atoms with E-state index in [1.807, 2.05) is 10.4 Å². The third kappa shape index (κ3) is 5.94. The summed E-state index contributed by atoms with van der Waals surface area (Å²) < 4.78 is 0. The summed E-state index contributed by atoms with van der Waals surface area (Å²) in [5.41, 5.74) is 0. The summed E-state index contributed by atoms with van der Waals surface area (Å²) in [5.74, 6) is 0. The van der Waals surface area contributed by atoms with Gasteiger partial charge in [0.05, 0.1) is 0 Å². The second kappa shape index (κ2) is 11.6. The Morgan fingerprint density at radius 1 is 0.417 bits per heavy atom. The zero-order valence-corrected chi connectivity index (χ0v) is 36.8. The van der Waals surface area contributed by atoms with Crippen LogP contribution in [0.1, 0.15) is 0 Å². The second-order valence-corrected chi connectivity index (χ2v) is 98.8. The first-order valence-electron chi connectivity index (χ1n) is 13.6. The summed E-state index contributed by atoms with van der Waals surface area (Å²) in [7, 11) is -10.2. The molecule has 0 fully saturated rings. The number of benzene rings is 2. The molecule has 0 atom stereocenters. The molecule has 0 saturated carbocycles. The van der Waals surface area contributed by atoms with E-state index in [2.05, 4.69) is 159 Å². The van der Waals surface area contributed by atoms with Gasteiger partial charge in [-0.3, -0.25) is 0 Å². The molecule has 0 aliphatic heterocycles. The first kappa shape index (κ1) is 35.2. The van der Waals surface area contributed by atoms with Gasteiger partial charge in [-0.05, 0) is 7.11 Å². The normalized spacial score (nSPS) is 14.6. The van der Waals surface area contributed by atoms with Gasteiger partial charge in [-0.15, -0.1) is 15.2 Å². The quantitative estimate of drug-likeness (QED) is 0.361. The Morgan fingerprint density at radius 3 is 0.861 bits per heavy atom. The van der Waals surface area contributed by atoms with E-state index in [1.54, 1.807) is 0 Å². The number of hydrogen-bond donors (Lipinski definition) is 0. The van der Waals surface area contributed by atoms with E-state index >= 15 is 0 Å². The summed E-state index contributed by atoms with van der Waals surface area (Å²) in [6, 6.07) is 24.8. The fourth-order valence-corrected chi connectivity index (χ4v) is 318. The number of rotatable bonds is 9. The van der Waals surface area contributed by atoms with Gasteiger partial charge in [0.25, 0.3) is 0 Å². The van der Waals surface area contributed by atoms with Crippen molar-refractivity contribution in [2.24, 2.45) is 0 Å². The van der Waals surface area contributed by atoms with Crippen molar-refractivity contribution in [1.82, 2.24) is 0 Å². The Kier molecular flexibility index (Phi) is 11.3. The molecule has 0 bridgehead atoms. The Hall–Kier alpha value is 1.18. The third-order valence-electron chi connectivity index (χ3n) is 8.23. The molecular formula is C27H55NaSi8. The smallest absolute Gasteiger partial charge is 0.243 e. The summed E-state index contributed by atoms with van der Waals surface area (Å²) in [6.07, 6.45) is -1.77. The molecule has 0 amide bonds. The molecule has 0 aromatic heterocycles. The van der Waals surface area contributed by atoms with Crippen molar-refractivity contribution in [2.75, 3.05) is 0 Å². The molecule has 36 heavy (non-hydrogen) atoms. The molecule has 0 heterocycles. The van der Waals surface area contributed by atoms with Gasteiger partial charge in [0.15, 0.2) is 0 Å². The first-order valence-corrected chi connectivity index (χ1v) is 43.6. The largest absolute Gasteiger partial charge is 1.00 e. The summed E-state index contributed by atoms with van der Waals surface area (Å²) in [6.45, 7) is 42.5. The van der Waals surface area contributed by atoms with Gasteiger partial charge >= 0.3 is 29.6 Å². The van der Waals surface area contributed by atoms with Gasteiger partial charge in [0.2, 0.25) is 0 Å². The maximum absolute atomic E-state index is 2.86. The molecule has 2 aromatic rings. The Bertz CT molecular complexity index is 886. The van der Waals surface area contributed by atoms with Crippen molar-refractivity contribution in [2.45, 2.75) is 98.2 Å². The third-order valence-corrected chi connectivity index (χ3v) is 182. The van der Waals surface area contributed by atoms with Crippen LogP contribution in [-0.2, 0) is 0 Å². The van der Waals surface area contributed by atoms with Crippen LogP contribution in [0.5, 0.6) is 0 Å². The van der Waals surface area contributed by atoms with Crippen molar-refractivity contribution in [3.05, 3.63) is 60.7 Å². The Labute approximate surface area is 255 Å². The standard InChI is InChI=1S/C27H55Si8.Na/c1-29(2,3)28(30(4,5)6)34(26-22-18-16-19-23-26,27-24-20-17-21-25-27)35(31(7,8)9,32(10,11)12)33(13,14)15;/h16-25H,1-15H3;/q-1;+1. The summed E-state index contributed by atoms with van der Waals surface area (Å²) >= 11 is 0. The Balaban J connectivity index is 0.00000648. The van der Waals surface area contributed by atoms with Crippen LogP contribution in [0.3, 0.4) is 0 Å². The monoisotopic (exact) mass is 626 g/mol. The van der Waals surface area contributed by atoms with Crippen LogP contribution in [0.4, 0.5) is 0 Å². The molecule has 0 aliphatic carbocycles. The molecule has 0 saturated heterocycles. The van der Waals surface area contributed by atoms with Gasteiger partial charge in [0, 0.05) is 28.9 Å². The topological polar surface area (TPSA) is 0 Å². The minimum Gasteiger partial charge on any atom is -0.243 e. The molecule has 0 radical (unpaired) electrons. The van der Waals surface area contributed by atoms with E-state index < -0.39 is 58.6 Å². The van der Waals surface area contributed by atoms with Crippen LogP contribution in [0.2, 0.25) is 98.2 Å². The van der Waals surface area contributed by atoms with Crippen LogP contribution in [0, 0.1) is 0 Å². The molecule has 0 unspecified atom stereocenters. The number of hydrogen-bond acceptors (Lipinski definition) is 0. The molecule has 0 nitrogen and oxygen atoms in total. The molecule has 0 aliphatic rings. The van der Waals surface area contributed by atoms with E-state index in [0.29, 0.717) is 0 Å². The molecule has 0 N–H and O–H groups in total. The van der Waals surface area contributed by atoms with E-state index in [0.717, 1.165) is 0 Å². The van der Waals surface area contributed by atoms with Crippen molar-refractivity contribution < 1.29 is 29.6 Å². The van der Waals surface area contributed by atoms with Crippen molar-refractivity contribution in [3.8, 4) is 0 Å².